The molecule has 0 aliphatic rings. The van der Waals surface area contributed by atoms with Gasteiger partial charge in [-0.2, -0.15) is 8.78 Å². The van der Waals surface area contributed by atoms with Crippen molar-refractivity contribution < 1.29 is 31.5 Å². The number of pyridine rings is 1. The molecule has 0 aliphatic heterocycles. The topological polar surface area (TPSA) is 113 Å². The van der Waals surface area contributed by atoms with Crippen molar-refractivity contribution >= 4 is 32.7 Å². The van der Waals surface area contributed by atoms with Crippen LogP contribution in [0.15, 0.2) is 54.9 Å². The van der Waals surface area contributed by atoms with Gasteiger partial charge in [-0.25, -0.2) is 13.4 Å². The first-order valence-corrected chi connectivity index (χ1v) is 13.6. The SMILES string of the molecule is CC(Oc1cc(-c2cnc3ccc(CS(C)(=O)=O)cn23)sc1CC(N)=O)c1ccccc1OC(F)F. The van der Waals surface area contributed by atoms with Crippen molar-refractivity contribution in [2.75, 3.05) is 6.26 Å². The number of imidazole rings is 1. The molecule has 4 aromatic rings. The summed E-state index contributed by atoms with van der Waals surface area (Å²) in [5.41, 5.74) is 7.73. The van der Waals surface area contributed by atoms with Crippen LogP contribution in [0.5, 0.6) is 11.5 Å². The lowest BCUT2D eigenvalue weighted by atomic mass is 10.1. The monoisotopic (exact) mass is 535 g/mol. The number of nitrogens with two attached hydrogens (primary N) is 1. The molecule has 0 aliphatic carbocycles. The maximum atomic E-state index is 12.9. The van der Waals surface area contributed by atoms with Gasteiger partial charge in [-0.3, -0.25) is 9.20 Å². The quantitative estimate of drug-likeness (QED) is 0.323. The number of para-hydroxylation sites is 1. The van der Waals surface area contributed by atoms with Crippen LogP contribution in [0.1, 0.15) is 29.0 Å². The molecule has 1 amide bonds. The summed E-state index contributed by atoms with van der Waals surface area (Å²) in [6, 6.07) is 11.5. The average molecular weight is 536 g/mol. The van der Waals surface area contributed by atoms with Gasteiger partial charge in [0.15, 0.2) is 9.84 Å². The van der Waals surface area contributed by atoms with Gasteiger partial charge in [0.25, 0.3) is 0 Å². The number of ether oxygens (including phenoxy) is 2. The number of hydrogen-bond acceptors (Lipinski definition) is 7. The van der Waals surface area contributed by atoms with Crippen LogP contribution >= 0.6 is 11.3 Å². The largest absolute Gasteiger partial charge is 0.485 e. The first kappa shape index (κ1) is 25.6. The Kier molecular flexibility index (Phi) is 7.27. The smallest absolute Gasteiger partial charge is 0.387 e. The Morgan fingerprint density at radius 2 is 1.92 bits per heavy atom. The number of aromatic nitrogens is 2. The standard InChI is InChI=1S/C24H23F2N3O5S2/c1-14(16-5-3-4-6-18(16)34-24(25)26)33-19-9-20(35-21(19)10-22(27)30)17-11-28-23-8-7-15(12-29(17)23)13-36(2,31)32/h3-9,11-12,14,24H,10,13H2,1-2H3,(H2,27,30). The lowest BCUT2D eigenvalue weighted by Gasteiger charge is -2.18. The highest BCUT2D eigenvalue weighted by Crippen LogP contribution is 2.40. The number of sulfone groups is 1. The summed E-state index contributed by atoms with van der Waals surface area (Å²) in [6.07, 6.45) is 3.73. The zero-order valence-electron chi connectivity index (χ0n) is 19.4. The third-order valence-electron chi connectivity index (χ3n) is 5.23. The van der Waals surface area contributed by atoms with Gasteiger partial charge in [0.05, 0.1) is 33.8 Å². The van der Waals surface area contributed by atoms with Gasteiger partial charge < -0.3 is 15.2 Å². The summed E-state index contributed by atoms with van der Waals surface area (Å²) in [6.45, 7) is -1.30. The van der Waals surface area contributed by atoms with Gasteiger partial charge in [0, 0.05) is 24.1 Å². The molecule has 8 nitrogen and oxygen atoms in total. The minimum atomic E-state index is -3.23. The molecular formula is C24H23F2N3O5S2. The van der Waals surface area contributed by atoms with Gasteiger partial charge >= 0.3 is 6.61 Å². The summed E-state index contributed by atoms with van der Waals surface area (Å²) in [7, 11) is -3.23. The first-order chi connectivity index (χ1) is 17.0. The van der Waals surface area contributed by atoms with E-state index >= 15 is 0 Å². The van der Waals surface area contributed by atoms with Crippen molar-refractivity contribution in [3.63, 3.8) is 0 Å². The fourth-order valence-electron chi connectivity index (χ4n) is 3.79. The molecule has 1 aromatic carbocycles. The van der Waals surface area contributed by atoms with E-state index in [1.54, 1.807) is 60.1 Å². The van der Waals surface area contributed by atoms with Gasteiger partial charge in [0.2, 0.25) is 5.91 Å². The minimum Gasteiger partial charge on any atom is -0.485 e. The Morgan fingerprint density at radius 1 is 1.17 bits per heavy atom. The number of benzene rings is 1. The lowest BCUT2D eigenvalue weighted by molar-refractivity contribution is -0.117. The third-order valence-corrected chi connectivity index (χ3v) is 7.23. The fourth-order valence-corrected chi connectivity index (χ4v) is 5.67. The van der Waals surface area contributed by atoms with E-state index in [4.69, 9.17) is 10.5 Å². The van der Waals surface area contributed by atoms with Crippen molar-refractivity contribution in [1.29, 1.82) is 0 Å². The number of carbonyl (C=O) groups excluding carboxylic acids is 1. The average Bonchev–Trinajstić information content (AvgIpc) is 3.35. The Labute approximate surface area is 210 Å². The molecule has 36 heavy (non-hydrogen) atoms. The zero-order valence-corrected chi connectivity index (χ0v) is 21.0. The van der Waals surface area contributed by atoms with Crippen LogP contribution in [0.3, 0.4) is 0 Å². The molecule has 0 radical (unpaired) electrons. The predicted octanol–water partition coefficient (Wildman–Crippen LogP) is 4.38. The predicted molar refractivity (Wildman–Crippen MR) is 132 cm³/mol. The highest BCUT2D eigenvalue weighted by Gasteiger charge is 2.21. The Bertz CT molecular complexity index is 1520. The Morgan fingerprint density at radius 3 is 2.61 bits per heavy atom. The number of alkyl halides is 2. The highest BCUT2D eigenvalue weighted by atomic mass is 32.2. The van der Waals surface area contributed by atoms with Crippen molar-refractivity contribution in [2.45, 2.75) is 31.8 Å². The first-order valence-electron chi connectivity index (χ1n) is 10.8. The molecular weight excluding hydrogens is 512 g/mol. The summed E-state index contributed by atoms with van der Waals surface area (Å²) >= 11 is 1.28. The molecule has 2 N–H and O–H groups in total. The molecule has 12 heteroatoms. The summed E-state index contributed by atoms with van der Waals surface area (Å²) in [5.74, 6) is -0.317. The summed E-state index contributed by atoms with van der Waals surface area (Å²) < 4.78 is 61.7. The maximum absolute atomic E-state index is 12.9. The van der Waals surface area contributed by atoms with Crippen LogP contribution < -0.4 is 15.2 Å². The lowest BCUT2D eigenvalue weighted by Crippen LogP contribution is -2.14. The van der Waals surface area contributed by atoms with E-state index in [9.17, 15) is 22.0 Å². The van der Waals surface area contributed by atoms with Crippen LogP contribution in [0.4, 0.5) is 8.78 Å². The number of hydrogen-bond donors (Lipinski definition) is 1. The molecule has 0 saturated heterocycles. The van der Waals surface area contributed by atoms with Crippen LogP contribution in [-0.2, 0) is 26.8 Å². The fraction of sp³-hybridized carbons (Fsp3) is 0.250. The number of fused-ring (bicyclic) bond motifs is 1. The second kappa shape index (κ2) is 10.2. The number of carbonyl (C=O) groups is 1. The van der Waals surface area contributed by atoms with Crippen LogP contribution in [0, 0.1) is 0 Å². The normalized spacial score (nSPS) is 12.7. The van der Waals surface area contributed by atoms with Crippen LogP contribution in [0.2, 0.25) is 0 Å². The molecule has 0 spiro atoms. The summed E-state index contributed by atoms with van der Waals surface area (Å²) in [5, 5.41) is 0. The number of rotatable bonds is 10. The maximum Gasteiger partial charge on any atom is 0.387 e. The van der Waals surface area contributed by atoms with Gasteiger partial charge in [-0.1, -0.05) is 24.3 Å². The molecule has 0 saturated carbocycles. The van der Waals surface area contributed by atoms with Crippen molar-refractivity contribution in [3.05, 3.63) is 70.9 Å². The third kappa shape index (κ3) is 6.00. The molecule has 4 rings (SSSR count). The van der Waals surface area contributed by atoms with Crippen molar-refractivity contribution in [1.82, 2.24) is 9.38 Å². The highest BCUT2D eigenvalue weighted by molar-refractivity contribution is 7.89. The Hall–Kier alpha value is -3.51. The van der Waals surface area contributed by atoms with Gasteiger partial charge in [-0.05, 0) is 24.6 Å². The van der Waals surface area contributed by atoms with E-state index in [2.05, 4.69) is 9.72 Å². The van der Waals surface area contributed by atoms with Gasteiger partial charge in [-0.15, -0.1) is 11.3 Å². The minimum absolute atomic E-state index is 0.00732. The second-order valence-corrected chi connectivity index (χ2v) is 11.5. The molecule has 0 bridgehead atoms. The van der Waals surface area contributed by atoms with Crippen LogP contribution in [0.25, 0.3) is 16.2 Å². The number of thiophene rings is 1. The van der Waals surface area contributed by atoms with Crippen molar-refractivity contribution in [3.8, 4) is 22.1 Å². The molecule has 3 heterocycles. The summed E-state index contributed by atoms with van der Waals surface area (Å²) in [4.78, 5) is 17.4. The molecule has 190 valence electrons. The van der Waals surface area contributed by atoms with Crippen LogP contribution in [-0.4, -0.2) is 36.6 Å². The number of primary amides is 1. The zero-order chi connectivity index (χ0) is 26.0. The number of amides is 1. The van der Waals surface area contributed by atoms with E-state index in [-0.39, 0.29) is 17.9 Å². The molecule has 3 aromatic heterocycles. The molecule has 1 unspecified atom stereocenters. The van der Waals surface area contributed by atoms with E-state index in [1.807, 2.05) is 0 Å². The van der Waals surface area contributed by atoms with E-state index < -0.39 is 28.5 Å². The number of nitrogens with zero attached hydrogens (tertiary/aromatic N) is 2. The second-order valence-electron chi connectivity index (χ2n) is 8.20. The van der Waals surface area contributed by atoms with E-state index in [0.29, 0.717) is 38.0 Å². The van der Waals surface area contributed by atoms with Crippen molar-refractivity contribution in [2.24, 2.45) is 5.73 Å². The Balaban J connectivity index is 1.71. The van der Waals surface area contributed by atoms with Gasteiger partial charge in [0.1, 0.15) is 23.3 Å². The molecule has 1 atom stereocenters. The van der Waals surface area contributed by atoms with E-state index in [0.717, 1.165) is 6.26 Å². The molecule has 0 fully saturated rings. The number of halogens is 2. The van der Waals surface area contributed by atoms with E-state index in [1.165, 1.54) is 17.4 Å².